The minimum absolute atomic E-state index is 0.0683. The lowest BCUT2D eigenvalue weighted by molar-refractivity contribution is 0.0993. The number of H-pyrrole nitrogens is 1. The number of imidazole rings is 1. The zero-order valence-corrected chi connectivity index (χ0v) is 10.4. The van der Waals surface area contributed by atoms with Crippen LogP contribution in [-0.4, -0.2) is 27.9 Å². The van der Waals surface area contributed by atoms with E-state index in [0.717, 1.165) is 16.7 Å². The van der Waals surface area contributed by atoms with Gasteiger partial charge in [-0.25, -0.2) is 4.98 Å². The first-order valence-electron chi connectivity index (χ1n) is 5.87. The summed E-state index contributed by atoms with van der Waals surface area (Å²) >= 11 is 0. The molecule has 1 aromatic carbocycles. The van der Waals surface area contributed by atoms with Crippen molar-refractivity contribution in [3.05, 3.63) is 54.6 Å². The molecule has 1 amide bonds. The van der Waals surface area contributed by atoms with Crippen LogP contribution in [0.15, 0.2) is 49.1 Å². The van der Waals surface area contributed by atoms with Crippen LogP contribution in [0, 0.1) is 0 Å². The molecule has 0 radical (unpaired) electrons. The quantitative estimate of drug-likeness (QED) is 0.760. The first kappa shape index (κ1) is 11.4. The normalized spacial score (nSPS) is 10.6. The van der Waals surface area contributed by atoms with Crippen LogP contribution in [0.1, 0.15) is 10.4 Å². The number of hydrogen-bond acceptors (Lipinski definition) is 3. The Morgan fingerprint density at radius 3 is 2.79 bits per heavy atom. The van der Waals surface area contributed by atoms with Crippen molar-refractivity contribution in [1.29, 1.82) is 0 Å². The van der Waals surface area contributed by atoms with E-state index in [0.29, 0.717) is 5.56 Å². The zero-order valence-electron chi connectivity index (χ0n) is 10.4. The van der Waals surface area contributed by atoms with Crippen LogP contribution in [0.25, 0.3) is 11.0 Å². The average molecular weight is 252 g/mol. The molecule has 5 nitrogen and oxygen atoms in total. The maximum absolute atomic E-state index is 12.3. The average Bonchev–Trinajstić information content (AvgIpc) is 2.94. The Morgan fingerprint density at radius 1 is 1.21 bits per heavy atom. The molecular formula is C14H12N4O. The molecule has 94 valence electrons. The van der Waals surface area contributed by atoms with Crippen LogP contribution >= 0.6 is 0 Å². The third-order valence-corrected chi connectivity index (χ3v) is 3.02. The Labute approximate surface area is 109 Å². The molecule has 1 N–H and O–H groups in total. The standard InChI is InChI=1S/C14H12N4O/c1-18(14(19)10-4-6-15-7-5-10)11-2-3-12-13(8-11)17-9-16-12/h2-9H,1H3,(H,16,17). The van der Waals surface area contributed by atoms with E-state index >= 15 is 0 Å². The second-order valence-corrected chi connectivity index (χ2v) is 4.20. The van der Waals surface area contributed by atoms with Gasteiger partial charge in [0.25, 0.3) is 5.91 Å². The van der Waals surface area contributed by atoms with Crippen molar-refractivity contribution in [3.8, 4) is 0 Å². The highest BCUT2D eigenvalue weighted by Gasteiger charge is 2.13. The lowest BCUT2D eigenvalue weighted by Crippen LogP contribution is -2.26. The lowest BCUT2D eigenvalue weighted by atomic mass is 10.2. The molecule has 0 saturated carbocycles. The lowest BCUT2D eigenvalue weighted by Gasteiger charge is -2.17. The van der Waals surface area contributed by atoms with Gasteiger partial charge in [0.2, 0.25) is 0 Å². The molecule has 0 atom stereocenters. The largest absolute Gasteiger partial charge is 0.345 e. The van der Waals surface area contributed by atoms with Crippen molar-refractivity contribution in [2.45, 2.75) is 0 Å². The Hall–Kier alpha value is -2.69. The highest BCUT2D eigenvalue weighted by atomic mass is 16.2. The molecule has 2 heterocycles. The number of amides is 1. The van der Waals surface area contributed by atoms with Crippen molar-refractivity contribution >= 4 is 22.6 Å². The molecule has 0 aliphatic heterocycles. The van der Waals surface area contributed by atoms with Gasteiger partial charge < -0.3 is 9.88 Å². The predicted octanol–water partition coefficient (Wildman–Crippen LogP) is 2.23. The summed E-state index contributed by atoms with van der Waals surface area (Å²) in [5, 5.41) is 0. The summed E-state index contributed by atoms with van der Waals surface area (Å²) in [5.74, 6) is -0.0683. The fourth-order valence-electron chi connectivity index (χ4n) is 1.94. The Balaban J connectivity index is 1.94. The van der Waals surface area contributed by atoms with Crippen LogP contribution in [0.4, 0.5) is 5.69 Å². The van der Waals surface area contributed by atoms with Crippen molar-refractivity contribution in [2.75, 3.05) is 11.9 Å². The Morgan fingerprint density at radius 2 is 2.00 bits per heavy atom. The second-order valence-electron chi connectivity index (χ2n) is 4.20. The first-order valence-corrected chi connectivity index (χ1v) is 5.87. The van der Waals surface area contributed by atoms with Gasteiger partial charge >= 0.3 is 0 Å². The summed E-state index contributed by atoms with van der Waals surface area (Å²) in [5.41, 5.74) is 3.22. The van der Waals surface area contributed by atoms with E-state index in [1.165, 1.54) is 0 Å². The van der Waals surface area contributed by atoms with E-state index in [4.69, 9.17) is 0 Å². The molecule has 0 aliphatic rings. The molecule has 3 aromatic rings. The van der Waals surface area contributed by atoms with E-state index in [1.807, 2.05) is 18.2 Å². The molecule has 3 rings (SSSR count). The smallest absolute Gasteiger partial charge is 0.258 e. The van der Waals surface area contributed by atoms with Gasteiger partial charge in [-0.15, -0.1) is 0 Å². The molecule has 0 unspecified atom stereocenters. The zero-order chi connectivity index (χ0) is 13.2. The molecule has 0 saturated heterocycles. The van der Waals surface area contributed by atoms with Crippen molar-refractivity contribution in [3.63, 3.8) is 0 Å². The van der Waals surface area contributed by atoms with Gasteiger partial charge in [-0.05, 0) is 30.3 Å². The fraction of sp³-hybridized carbons (Fsp3) is 0.0714. The maximum atomic E-state index is 12.3. The van der Waals surface area contributed by atoms with Crippen LogP contribution in [0.5, 0.6) is 0 Å². The third kappa shape index (κ3) is 2.06. The summed E-state index contributed by atoms with van der Waals surface area (Å²) in [6.45, 7) is 0. The second kappa shape index (κ2) is 4.53. The number of pyridine rings is 1. The first-order chi connectivity index (χ1) is 9.25. The van der Waals surface area contributed by atoms with Crippen LogP contribution in [0.3, 0.4) is 0 Å². The predicted molar refractivity (Wildman–Crippen MR) is 73.1 cm³/mol. The summed E-state index contributed by atoms with van der Waals surface area (Å²) in [7, 11) is 1.75. The summed E-state index contributed by atoms with van der Waals surface area (Å²) in [6, 6.07) is 9.07. The fourth-order valence-corrected chi connectivity index (χ4v) is 1.94. The van der Waals surface area contributed by atoms with E-state index in [-0.39, 0.29) is 5.91 Å². The number of hydrogen-bond donors (Lipinski definition) is 1. The topological polar surface area (TPSA) is 61.9 Å². The van der Waals surface area contributed by atoms with Crippen LogP contribution in [0.2, 0.25) is 0 Å². The van der Waals surface area contributed by atoms with Crippen molar-refractivity contribution < 1.29 is 4.79 Å². The van der Waals surface area contributed by atoms with E-state index < -0.39 is 0 Å². The summed E-state index contributed by atoms with van der Waals surface area (Å²) in [4.78, 5) is 25.0. The summed E-state index contributed by atoms with van der Waals surface area (Å²) < 4.78 is 0. The van der Waals surface area contributed by atoms with E-state index in [2.05, 4.69) is 15.0 Å². The number of aromatic nitrogens is 3. The highest BCUT2D eigenvalue weighted by Crippen LogP contribution is 2.20. The highest BCUT2D eigenvalue weighted by molar-refractivity contribution is 6.06. The minimum Gasteiger partial charge on any atom is -0.345 e. The maximum Gasteiger partial charge on any atom is 0.258 e. The number of nitrogens with one attached hydrogen (secondary N) is 1. The van der Waals surface area contributed by atoms with Gasteiger partial charge in [-0.2, -0.15) is 0 Å². The molecule has 19 heavy (non-hydrogen) atoms. The van der Waals surface area contributed by atoms with Crippen molar-refractivity contribution in [2.24, 2.45) is 0 Å². The number of anilines is 1. The van der Waals surface area contributed by atoms with E-state index in [9.17, 15) is 4.79 Å². The van der Waals surface area contributed by atoms with Crippen molar-refractivity contribution in [1.82, 2.24) is 15.0 Å². The molecular weight excluding hydrogens is 240 g/mol. The number of nitrogens with zero attached hydrogens (tertiary/aromatic N) is 3. The third-order valence-electron chi connectivity index (χ3n) is 3.02. The molecule has 0 fully saturated rings. The van der Waals surface area contributed by atoms with Gasteiger partial charge in [0.05, 0.1) is 17.4 Å². The molecule has 0 spiro atoms. The number of benzene rings is 1. The number of rotatable bonds is 2. The SMILES string of the molecule is CN(C(=O)c1ccncc1)c1ccc2nc[nH]c2c1. The number of fused-ring (bicyclic) bond motifs is 1. The molecule has 5 heteroatoms. The van der Waals surface area contributed by atoms with Crippen LogP contribution < -0.4 is 4.90 Å². The van der Waals surface area contributed by atoms with Gasteiger partial charge in [0, 0.05) is 30.7 Å². The molecule has 0 aliphatic carbocycles. The number of aromatic amines is 1. The van der Waals surface area contributed by atoms with Gasteiger partial charge in [0.15, 0.2) is 0 Å². The number of carbonyl (C=O) groups excluding carboxylic acids is 1. The van der Waals surface area contributed by atoms with E-state index in [1.54, 1.807) is 42.8 Å². The van der Waals surface area contributed by atoms with Gasteiger partial charge in [0.1, 0.15) is 0 Å². The number of carbonyl (C=O) groups is 1. The van der Waals surface area contributed by atoms with Gasteiger partial charge in [-0.1, -0.05) is 0 Å². The molecule has 2 aromatic heterocycles. The minimum atomic E-state index is -0.0683. The van der Waals surface area contributed by atoms with Gasteiger partial charge in [-0.3, -0.25) is 9.78 Å². The molecule has 0 bridgehead atoms. The van der Waals surface area contributed by atoms with Crippen LogP contribution in [-0.2, 0) is 0 Å². The Kier molecular flexibility index (Phi) is 2.72. The summed E-state index contributed by atoms with van der Waals surface area (Å²) in [6.07, 6.45) is 4.86. The monoisotopic (exact) mass is 252 g/mol. The Bertz CT molecular complexity index is 720.